The Morgan fingerprint density at radius 2 is 2.24 bits per heavy atom. The van der Waals surface area contributed by atoms with Crippen molar-refractivity contribution < 1.29 is 9.15 Å². The second-order valence-electron chi connectivity index (χ2n) is 4.60. The fourth-order valence-electron chi connectivity index (χ4n) is 2.34. The zero-order chi connectivity index (χ0) is 11.7. The molecule has 1 unspecified atom stereocenters. The standard InChI is InChI=1S/C14H17NO2/c1-10-12-6-2-3-7-13(12)17-14(10)16-11-5-4-8-15-9-11/h2-3,6-7,11,15H,4-5,8-9H2,1H3. The molecule has 1 aliphatic heterocycles. The minimum atomic E-state index is 0.239. The van der Waals surface area contributed by atoms with E-state index in [1.54, 1.807) is 0 Å². The van der Waals surface area contributed by atoms with Crippen molar-refractivity contribution in [1.82, 2.24) is 5.32 Å². The number of ether oxygens (including phenoxy) is 1. The Morgan fingerprint density at radius 1 is 1.35 bits per heavy atom. The summed E-state index contributed by atoms with van der Waals surface area (Å²) in [5.41, 5.74) is 2.01. The second kappa shape index (κ2) is 4.41. The SMILES string of the molecule is Cc1c(OC2CCCNC2)oc2ccccc12. The molecule has 1 aliphatic rings. The monoisotopic (exact) mass is 231 g/mol. The van der Waals surface area contributed by atoms with E-state index in [9.17, 15) is 0 Å². The highest BCUT2D eigenvalue weighted by Crippen LogP contribution is 2.31. The molecular formula is C14H17NO2. The summed E-state index contributed by atoms with van der Waals surface area (Å²) in [6, 6.07) is 8.06. The largest absolute Gasteiger partial charge is 0.460 e. The molecule has 17 heavy (non-hydrogen) atoms. The maximum atomic E-state index is 5.94. The summed E-state index contributed by atoms with van der Waals surface area (Å²) in [6.45, 7) is 4.06. The van der Waals surface area contributed by atoms with Crippen molar-refractivity contribution in [2.75, 3.05) is 13.1 Å². The molecule has 0 radical (unpaired) electrons. The predicted octanol–water partition coefficient (Wildman–Crippen LogP) is 2.87. The molecule has 0 amide bonds. The molecule has 1 atom stereocenters. The molecule has 90 valence electrons. The second-order valence-corrected chi connectivity index (χ2v) is 4.60. The molecule has 1 fully saturated rings. The Hall–Kier alpha value is -1.48. The highest BCUT2D eigenvalue weighted by Gasteiger charge is 2.18. The summed E-state index contributed by atoms with van der Waals surface area (Å²) >= 11 is 0. The van der Waals surface area contributed by atoms with Gasteiger partial charge < -0.3 is 14.5 Å². The topological polar surface area (TPSA) is 34.4 Å². The van der Waals surface area contributed by atoms with E-state index in [0.717, 1.165) is 36.0 Å². The normalized spacial score (nSPS) is 20.6. The Bertz CT molecular complexity index is 512. The fourth-order valence-corrected chi connectivity index (χ4v) is 2.34. The lowest BCUT2D eigenvalue weighted by Gasteiger charge is -2.22. The van der Waals surface area contributed by atoms with E-state index in [4.69, 9.17) is 9.15 Å². The van der Waals surface area contributed by atoms with E-state index >= 15 is 0 Å². The van der Waals surface area contributed by atoms with Crippen LogP contribution in [0.15, 0.2) is 28.7 Å². The number of hydrogen-bond acceptors (Lipinski definition) is 3. The number of aryl methyl sites for hydroxylation is 1. The van der Waals surface area contributed by atoms with E-state index in [1.807, 2.05) is 18.2 Å². The molecule has 3 nitrogen and oxygen atoms in total. The van der Waals surface area contributed by atoms with Crippen LogP contribution in [0.3, 0.4) is 0 Å². The van der Waals surface area contributed by atoms with E-state index in [1.165, 1.54) is 6.42 Å². The van der Waals surface area contributed by atoms with Crippen LogP contribution < -0.4 is 10.1 Å². The number of fused-ring (bicyclic) bond motifs is 1. The van der Waals surface area contributed by atoms with E-state index in [2.05, 4.69) is 18.3 Å². The zero-order valence-corrected chi connectivity index (χ0v) is 10.0. The fraction of sp³-hybridized carbons (Fsp3) is 0.429. The molecular weight excluding hydrogens is 214 g/mol. The first kappa shape index (κ1) is 10.7. The lowest BCUT2D eigenvalue weighted by molar-refractivity contribution is 0.132. The van der Waals surface area contributed by atoms with Gasteiger partial charge in [-0.15, -0.1) is 0 Å². The van der Waals surface area contributed by atoms with Crippen LogP contribution in [0.1, 0.15) is 18.4 Å². The third-order valence-electron chi connectivity index (χ3n) is 3.33. The van der Waals surface area contributed by atoms with Gasteiger partial charge in [0.1, 0.15) is 11.7 Å². The third-order valence-corrected chi connectivity index (χ3v) is 3.33. The number of nitrogens with one attached hydrogen (secondary N) is 1. The van der Waals surface area contributed by atoms with Crippen LogP contribution in [0.4, 0.5) is 0 Å². The van der Waals surface area contributed by atoms with Crippen LogP contribution in [0.25, 0.3) is 11.0 Å². The van der Waals surface area contributed by atoms with Crippen LogP contribution in [-0.4, -0.2) is 19.2 Å². The van der Waals surface area contributed by atoms with Crippen LogP contribution in [0.5, 0.6) is 5.95 Å². The zero-order valence-electron chi connectivity index (χ0n) is 10.0. The van der Waals surface area contributed by atoms with Crippen molar-refractivity contribution in [1.29, 1.82) is 0 Å². The molecule has 0 aliphatic carbocycles. The summed E-state index contributed by atoms with van der Waals surface area (Å²) in [5, 5.41) is 4.49. The van der Waals surface area contributed by atoms with Gasteiger partial charge >= 0.3 is 0 Å². The van der Waals surface area contributed by atoms with Crippen molar-refractivity contribution in [2.24, 2.45) is 0 Å². The van der Waals surface area contributed by atoms with E-state index in [0.29, 0.717) is 5.95 Å². The van der Waals surface area contributed by atoms with Crippen molar-refractivity contribution in [3.63, 3.8) is 0 Å². The van der Waals surface area contributed by atoms with Crippen molar-refractivity contribution >= 4 is 11.0 Å². The first-order valence-corrected chi connectivity index (χ1v) is 6.20. The molecule has 1 aromatic carbocycles. The van der Waals surface area contributed by atoms with Gasteiger partial charge in [0.05, 0.1) is 0 Å². The van der Waals surface area contributed by atoms with Crippen molar-refractivity contribution in [3.8, 4) is 5.95 Å². The average Bonchev–Trinajstić information content (AvgIpc) is 2.68. The highest BCUT2D eigenvalue weighted by atomic mass is 16.6. The summed E-state index contributed by atoms with van der Waals surface area (Å²) < 4.78 is 11.7. The maximum absolute atomic E-state index is 5.94. The minimum absolute atomic E-state index is 0.239. The molecule has 3 rings (SSSR count). The van der Waals surface area contributed by atoms with Crippen molar-refractivity contribution in [2.45, 2.75) is 25.9 Å². The van der Waals surface area contributed by atoms with Gasteiger partial charge in [0, 0.05) is 17.5 Å². The third kappa shape index (κ3) is 2.03. The first-order valence-electron chi connectivity index (χ1n) is 6.20. The molecule has 2 heterocycles. The maximum Gasteiger partial charge on any atom is 0.288 e. The van der Waals surface area contributed by atoms with Gasteiger partial charge in [-0.1, -0.05) is 18.2 Å². The van der Waals surface area contributed by atoms with Gasteiger partial charge in [-0.05, 0) is 32.4 Å². The van der Waals surface area contributed by atoms with Crippen LogP contribution >= 0.6 is 0 Å². The molecule has 1 N–H and O–H groups in total. The Labute approximate surface area is 101 Å². The number of rotatable bonds is 2. The summed E-state index contributed by atoms with van der Waals surface area (Å²) in [4.78, 5) is 0. The number of hydrogen-bond donors (Lipinski definition) is 1. The van der Waals surface area contributed by atoms with Gasteiger partial charge in [0.15, 0.2) is 0 Å². The van der Waals surface area contributed by atoms with Crippen LogP contribution in [0.2, 0.25) is 0 Å². The van der Waals surface area contributed by atoms with Gasteiger partial charge in [0.25, 0.3) is 5.95 Å². The summed E-state index contributed by atoms with van der Waals surface area (Å²) in [6.07, 6.45) is 2.51. The quantitative estimate of drug-likeness (QED) is 0.863. The highest BCUT2D eigenvalue weighted by molar-refractivity contribution is 5.82. The molecule has 2 aromatic rings. The Morgan fingerprint density at radius 3 is 3.00 bits per heavy atom. The number of piperidine rings is 1. The van der Waals surface area contributed by atoms with Gasteiger partial charge in [0.2, 0.25) is 0 Å². The molecule has 1 aromatic heterocycles. The van der Waals surface area contributed by atoms with Gasteiger partial charge in [-0.3, -0.25) is 0 Å². The molecule has 0 bridgehead atoms. The smallest absolute Gasteiger partial charge is 0.288 e. The van der Waals surface area contributed by atoms with Crippen LogP contribution in [-0.2, 0) is 0 Å². The van der Waals surface area contributed by atoms with Gasteiger partial charge in [-0.2, -0.15) is 0 Å². The number of furan rings is 1. The minimum Gasteiger partial charge on any atom is -0.460 e. The van der Waals surface area contributed by atoms with Crippen LogP contribution in [0, 0.1) is 6.92 Å². The lowest BCUT2D eigenvalue weighted by Crippen LogP contribution is -2.37. The van der Waals surface area contributed by atoms with E-state index < -0.39 is 0 Å². The lowest BCUT2D eigenvalue weighted by atomic mass is 10.1. The van der Waals surface area contributed by atoms with E-state index in [-0.39, 0.29) is 6.10 Å². The molecule has 0 spiro atoms. The average molecular weight is 231 g/mol. The first-order chi connectivity index (χ1) is 8.34. The summed E-state index contributed by atoms with van der Waals surface area (Å²) in [5.74, 6) is 0.680. The number of benzene rings is 1. The molecule has 3 heteroatoms. The Kier molecular flexibility index (Phi) is 2.77. The predicted molar refractivity (Wildman–Crippen MR) is 67.5 cm³/mol. The van der Waals surface area contributed by atoms with Crippen molar-refractivity contribution in [3.05, 3.63) is 29.8 Å². The molecule has 0 saturated carbocycles. The summed E-state index contributed by atoms with van der Waals surface area (Å²) in [7, 11) is 0. The Balaban J connectivity index is 1.87. The number of para-hydroxylation sites is 1. The van der Waals surface area contributed by atoms with Gasteiger partial charge in [-0.25, -0.2) is 0 Å². The molecule has 1 saturated heterocycles.